The number of ether oxygens (including phenoxy) is 6. The Morgan fingerprint density at radius 1 is 0.886 bits per heavy atom. The van der Waals surface area contributed by atoms with Crippen LogP contribution in [0.5, 0.6) is 11.5 Å². The SMILES string of the molecule is CCOC(=O)Oc1ccc(C[C@](NC(C)C)(OC(=O)OC(C)(C)C)C(=O)O)cc1OC(=O)OCC. The summed E-state index contributed by atoms with van der Waals surface area (Å²) in [4.78, 5) is 48.3. The van der Waals surface area contributed by atoms with Crippen LogP contribution < -0.4 is 14.8 Å². The molecule has 0 aliphatic rings. The van der Waals surface area contributed by atoms with E-state index in [1.54, 1.807) is 48.5 Å². The Bertz CT molecular complexity index is 907. The molecule has 196 valence electrons. The molecule has 0 aromatic heterocycles. The third-order valence-corrected chi connectivity index (χ3v) is 3.89. The van der Waals surface area contributed by atoms with E-state index in [2.05, 4.69) is 5.32 Å². The third-order valence-electron chi connectivity index (χ3n) is 3.89. The van der Waals surface area contributed by atoms with Gasteiger partial charge in [0.05, 0.1) is 13.2 Å². The van der Waals surface area contributed by atoms with Gasteiger partial charge in [-0.05, 0) is 66.2 Å². The molecule has 0 aliphatic carbocycles. The minimum Gasteiger partial charge on any atom is -0.477 e. The summed E-state index contributed by atoms with van der Waals surface area (Å²) in [5.74, 6) is -1.90. The van der Waals surface area contributed by atoms with Crippen molar-refractivity contribution < 1.29 is 52.7 Å². The van der Waals surface area contributed by atoms with Crippen molar-refractivity contribution in [1.29, 1.82) is 0 Å². The maximum Gasteiger partial charge on any atom is 0.513 e. The van der Waals surface area contributed by atoms with Crippen molar-refractivity contribution in [3.63, 3.8) is 0 Å². The second-order valence-corrected chi connectivity index (χ2v) is 8.53. The zero-order valence-electron chi connectivity index (χ0n) is 21.0. The van der Waals surface area contributed by atoms with Crippen LogP contribution >= 0.6 is 0 Å². The van der Waals surface area contributed by atoms with Gasteiger partial charge in [-0.1, -0.05) is 6.07 Å². The predicted octanol–water partition coefficient (Wildman–Crippen LogP) is 4.03. The molecule has 12 heteroatoms. The van der Waals surface area contributed by atoms with Gasteiger partial charge in [-0.2, -0.15) is 0 Å². The molecule has 1 aromatic rings. The maximum absolute atomic E-state index is 12.4. The number of aliphatic carboxylic acids is 1. The fourth-order valence-corrected chi connectivity index (χ4v) is 2.77. The second kappa shape index (κ2) is 12.8. The van der Waals surface area contributed by atoms with Crippen LogP contribution in [-0.4, -0.2) is 60.1 Å². The first-order chi connectivity index (χ1) is 16.2. The van der Waals surface area contributed by atoms with E-state index in [1.165, 1.54) is 18.2 Å². The number of hydrogen-bond acceptors (Lipinski definition) is 11. The smallest absolute Gasteiger partial charge is 0.477 e. The molecule has 0 heterocycles. The first kappa shape index (κ1) is 29.5. The average Bonchev–Trinajstić information content (AvgIpc) is 2.68. The van der Waals surface area contributed by atoms with Crippen LogP contribution in [0.2, 0.25) is 0 Å². The summed E-state index contributed by atoms with van der Waals surface area (Å²) in [6.07, 6.45) is -3.71. The molecule has 0 bridgehead atoms. The van der Waals surface area contributed by atoms with E-state index in [1.807, 2.05) is 0 Å². The van der Waals surface area contributed by atoms with Crippen molar-refractivity contribution in [3.8, 4) is 11.5 Å². The molecule has 0 aliphatic heterocycles. The van der Waals surface area contributed by atoms with Gasteiger partial charge in [-0.3, -0.25) is 5.32 Å². The van der Waals surface area contributed by atoms with Gasteiger partial charge >= 0.3 is 24.4 Å². The molecule has 0 amide bonds. The molecule has 2 N–H and O–H groups in total. The monoisotopic (exact) mass is 499 g/mol. The van der Waals surface area contributed by atoms with Crippen molar-refractivity contribution in [2.75, 3.05) is 13.2 Å². The minimum absolute atomic E-state index is 0.0246. The first-order valence-corrected chi connectivity index (χ1v) is 11.0. The zero-order chi connectivity index (χ0) is 26.8. The molecule has 0 saturated carbocycles. The lowest BCUT2D eigenvalue weighted by atomic mass is 10.0. The Kier molecular flexibility index (Phi) is 10.8. The van der Waals surface area contributed by atoms with Crippen LogP contribution in [0.3, 0.4) is 0 Å². The lowest BCUT2D eigenvalue weighted by Crippen LogP contribution is -2.59. The van der Waals surface area contributed by atoms with Gasteiger partial charge in [-0.25, -0.2) is 19.2 Å². The van der Waals surface area contributed by atoms with Gasteiger partial charge in [0.25, 0.3) is 5.72 Å². The highest BCUT2D eigenvalue weighted by atomic mass is 16.8. The van der Waals surface area contributed by atoms with Crippen LogP contribution in [-0.2, 0) is 30.2 Å². The number of carbonyl (C=O) groups excluding carboxylic acids is 3. The van der Waals surface area contributed by atoms with Gasteiger partial charge in [0.15, 0.2) is 11.5 Å². The van der Waals surface area contributed by atoms with E-state index in [9.17, 15) is 24.3 Å². The van der Waals surface area contributed by atoms with E-state index in [-0.39, 0.29) is 30.3 Å². The molecule has 0 fully saturated rings. The number of benzene rings is 1. The molecule has 35 heavy (non-hydrogen) atoms. The van der Waals surface area contributed by atoms with E-state index < -0.39 is 48.2 Å². The molecule has 12 nitrogen and oxygen atoms in total. The Balaban J connectivity index is 3.40. The summed E-state index contributed by atoms with van der Waals surface area (Å²) in [5.41, 5.74) is -2.91. The van der Waals surface area contributed by atoms with E-state index in [0.717, 1.165) is 0 Å². The zero-order valence-corrected chi connectivity index (χ0v) is 21.0. The van der Waals surface area contributed by atoms with E-state index in [0.29, 0.717) is 0 Å². The van der Waals surface area contributed by atoms with E-state index in [4.69, 9.17) is 28.4 Å². The number of rotatable bonds is 10. The van der Waals surface area contributed by atoms with Gasteiger partial charge in [0, 0.05) is 12.5 Å². The van der Waals surface area contributed by atoms with Crippen LogP contribution in [0.4, 0.5) is 14.4 Å². The lowest BCUT2D eigenvalue weighted by Gasteiger charge is -2.33. The first-order valence-electron chi connectivity index (χ1n) is 11.0. The summed E-state index contributed by atoms with van der Waals surface area (Å²) in [6, 6.07) is 3.51. The fourth-order valence-electron chi connectivity index (χ4n) is 2.77. The number of nitrogens with one attached hydrogen (secondary N) is 1. The number of carboxylic acid groups (broad SMARTS) is 1. The Morgan fingerprint density at radius 3 is 1.89 bits per heavy atom. The van der Waals surface area contributed by atoms with Gasteiger partial charge < -0.3 is 33.5 Å². The highest BCUT2D eigenvalue weighted by molar-refractivity contribution is 5.80. The van der Waals surface area contributed by atoms with E-state index >= 15 is 0 Å². The van der Waals surface area contributed by atoms with Crippen LogP contribution in [0.25, 0.3) is 0 Å². The summed E-state index contributed by atoms with van der Waals surface area (Å²) in [6.45, 7) is 11.4. The highest BCUT2D eigenvalue weighted by Gasteiger charge is 2.45. The molecule has 1 aromatic carbocycles. The second-order valence-electron chi connectivity index (χ2n) is 8.53. The number of carbonyl (C=O) groups is 4. The summed E-state index contributed by atoms with van der Waals surface area (Å²) >= 11 is 0. The lowest BCUT2D eigenvalue weighted by molar-refractivity contribution is -0.169. The molecule has 1 rings (SSSR count). The Morgan fingerprint density at radius 2 is 1.43 bits per heavy atom. The topological polar surface area (TPSA) is 156 Å². The number of hydrogen-bond donors (Lipinski definition) is 2. The Hall–Kier alpha value is -3.54. The van der Waals surface area contributed by atoms with Crippen LogP contribution in [0, 0.1) is 0 Å². The molecule has 1 atom stereocenters. The molecular formula is C23H33NO11. The predicted molar refractivity (Wildman–Crippen MR) is 121 cm³/mol. The van der Waals surface area contributed by atoms with Crippen molar-refractivity contribution in [2.24, 2.45) is 0 Å². The molecule has 0 spiro atoms. The van der Waals surface area contributed by atoms with Crippen LogP contribution in [0.15, 0.2) is 18.2 Å². The van der Waals surface area contributed by atoms with Gasteiger partial charge in [-0.15, -0.1) is 0 Å². The average molecular weight is 500 g/mol. The molecule has 0 radical (unpaired) electrons. The molecule has 0 unspecified atom stereocenters. The fraction of sp³-hybridized carbons (Fsp3) is 0.565. The van der Waals surface area contributed by atoms with Crippen molar-refractivity contribution in [2.45, 2.75) is 72.3 Å². The Labute approximate surface area is 203 Å². The summed E-state index contributed by atoms with van der Waals surface area (Å²) in [7, 11) is 0. The highest BCUT2D eigenvalue weighted by Crippen LogP contribution is 2.31. The normalized spacial score (nSPS) is 12.8. The standard InChI is InChI=1S/C23H33NO11/c1-8-30-19(27)32-16-11-10-15(12-17(16)33-20(28)31-9-2)13-23(18(25)26,24-14(3)4)35-21(29)34-22(5,6)7/h10-12,14,24H,8-9,13H2,1-7H3,(H,25,26)/t23-/m0/s1. The summed E-state index contributed by atoms with van der Waals surface area (Å²) in [5, 5.41) is 12.8. The van der Waals surface area contributed by atoms with Crippen LogP contribution in [0.1, 0.15) is 54.0 Å². The van der Waals surface area contributed by atoms with Crippen molar-refractivity contribution in [1.82, 2.24) is 5.32 Å². The summed E-state index contributed by atoms with van der Waals surface area (Å²) < 4.78 is 30.1. The number of carboxylic acids is 1. The van der Waals surface area contributed by atoms with Gasteiger partial charge in [0.2, 0.25) is 0 Å². The maximum atomic E-state index is 12.4. The molecular weight excluding hydrogens is 466 g/mol. The van der Waals surface area contributed by atoms with Crippen molar-refractivity contribution >= 4 is 24.4 Å². The molecule has 0 saturated heterocycles. The van der Waals surface area contributed by atoms with Gasteiger partial charge in [0.1, 0.15) is 5.60 Å². The quantitative estimate of drug-likeness (QED) is 0.206. The largest absolute Gasteiger partial charge is 0.513 e. The third kappa shape index (κ3) is 10.1. The minimum atomic E-state index is -2.23. The van der Waals surface area contributed by atoms with Crippen molar-refractivity contribution in [3.05, 3.63) is 23.8 Å².